The second-order valence-corrected chi connectivity index (χ2v) is 4.58. The third kappa shape index (κ3) is 1.72. The summed E-state index contributed by atoms with van der Waals surface area (Å²) in [6.07, 6.45) is 1.32. The van der Waals surface area contributed by atoms with Crippen molar-refractivity contribution in [3.05, 3.63) is 18.2 Å². The highest BCUT2D eigenvalue weighted by molar-refractivity contribution is 6.03. The highest BCUT2D eigenvalue weighted by Crippen LogP contribution is 2.41. The number of hydrogen-bond acceptors (Lipinski definition) is 3. The van der Waals surface area contributed by atoms with E-state index in [1.165, 1.54) is 0 Å². The van der Waals surface area contributed by atoms with Crippen LogP contribution in [0.1, 0.15) is 33.6 Å². The lowest BCUT2D eigenvalue weighted by Crippen LogP contribution is -2.55. The zero-order chi connectivity index (χ0) is 13.3. The molecule has 1 aliphatic heterocycles. The zero-order valence-electron chi connectivity index (χ0n) is 11.2. The largest absolute Gasteiger partial charge is 0.475 e. The van der Waals surface area contributed by atoms with Crippen LogP contribution in [0.15, 0.2) is 18.2 Å². The maximum atomic E-state index is 12.6. The molecule has 0 radical (unpaired) electrons. The van der Waals surface area contributed by atoms with Gasteiger partial charge in [-0.05, 0) is 31.9 Å². The van der Waals surface area contributed by atoms with Gasteiger partial charge in [0.2, 0.25) is 0 Å². The normalized spacial score (nSPS) is 17.3. The number of nitrogens with zero attached hydrogens (tertiary/aromatic N) is 1. The van der Waals surface area contributed by atoms with Gasteiger partial charge in [-0.3, -0.25) is 4.79 Å². The molecular formula is C14H20N2O2. The first-order chi connectivity index (χ1) is 8.57. The topological polar surface area (TPSA) is 55.6 Å². The molecule has 4 heteroatoms. The summed E-state index contributed by atoms with van der Waals surface area (Å²) in [5, 5.41) is 0. The molecule has 4 nitrogen and oxygen atoms in total. The van der Waals surface area contributed by atoms with Gasteiger partial charge < -0.3 is 15.4 Å². The van der Waals surface area contributed by atoms with Gasteiger partial charge in [0.25, 0.3) is 5.91 Å². The van der Waals surface area contributed by atoms with Gasteiger partial charge in [-0.15, -0.1) is 0 Å². The molecular weight excluding hydrogens is 228 g/mol. The molecule has 0 saturated carbocycles. The van der Waals surface area contributed by atoms with Crippen LogP contribution in [0, 0.1) is 0 Å². The van der Waals surface area contributed by atoms with Crippen molar-refractivity contribution < 1.29 is 9.53 Å². The van der Waals surface area contributed by atoms with Gasteiger partial charge in [-0.1, -0.05) is 13.8 Å². The maximum absolute atomic E-state index is 12.6. The summed E-state index contributed by atoms with van der Waals surface area (Å²) in [4.78, 5) is 14.3. The first-order valence-electron chi connectivity index (χ1n) is 6.48. The van der Waals surface area contributed by atoms with E-state index < -0.39 is 5.60 Å². The number of fused-ring (bicyclic) bond motifs is 1. The molecule has 1 amide bonds. The standard InChI is InChI=1S/C14H20N2O2/c1-4-14(5-2)13(17)16(6-3)11-8-7-10(15)9-12(11)18-14/h7-9H,4-6,15H2,1-3H3. The Bertz CT molecular complexity index is 467. The van der Waals surface area contributed by atoms with E-state index in [-0.39, 0.29) is 5.91 Å². The summed E-state index contributed by atoms with van der Waals surface area (Å²) in [5.41, 5.74) is 6.52. The van der Waals surface area contributed by atoms with Crippen LogP contribution in [0.4, 0.5) is 11.4 Å². The lowest BCUT2D eigenvalue weighted by atomic mass is 9.92. The molecule has 0 unspecified atom stereocenters. The van der Waals surface area contributed by atoms with Gasteiger partial charge in [0.05, 0.1) is 5.69 Å². The smallest absolute Gasteiger partial charge is 0.271 e. The van der Waals surface area contributed by atoms with Crippen LogP contribution in [0.5, 0.6) is 5.75 Å². The minimum Gasteiger partial charge on any atom is -0.475 e. The number of carbonyl (C=O) groups is 1. The number of ether oxygens (including phenoxy) is 1. The van der Waals surface area contributed by atoms with Gasteiger partial charge in [0.1, 0.15) is 5.75 Å². The highest BCUT2D eigenvalue weighted by Gasteiger charge is 2.45. The van der Waals surface area contributed by atoms with E-state index in [0.717, 1.165) is 5.69 Å². The fourth-order valence-corrected chi connectivity index (χ4v) is 2.46. The Labute approximate surface area is 108 Å². The second kappa shape index (κ2) is 4.52. The number of rotatable bonds is 3. The number of nitrogen functional groups attached to an aromatic ring is 1. The molecule has 0 spiro atoms. The molecule has 18 heavy (non-hydrogen) atoms. The summed E-state index contributed by atoms with van der Waals surface area (Å²) in [6.45, 7) is 6.57. The summed E-state index contributed by atoms with van der Waals surface area (Å²) in [5.74, 6) is 0.757. The minimum absolute atomic E-state index is 0.0484. The van der Waals surface area contributed by atoms with Crippen LogP contribution >= 0.6 is 0 Å². The summed E-state index contributed by atoms with van der Waals surface area (Å²) in [7, 11) is 0. The first-order valence-corrected chi connectivity index (χ1v) is 6.48. The summed E-state index contributed by atoms with van der Waals surface area (Å²) >= 11 is 0. The predicted molar refractivity (Wildman–Crippen MR) is 72.8 cm³/mol. The van der Waals surface area contributed by atoms with Gasteiger partial charge in [0.15, 0.2) is 5.60 Å². The van der Waals surface area contributed by atoms with E-state index >= 15 is 0 Å². The Morgan fingerprint density at radius 2 is 1.94 bits per heavy atom. The number of anilines is 2. The Morgan fingerprint density at radius 1 is 1.28 bits per heavy atom. The molecule has 0 aliphatic carbocycles. The van der Waals surface area contributed by atoms with Crippen molar-refractivity contribution in [3.63, 3.8) is 0 Å². The van der Waals surface area contributed by atoms with Crippen molar-refractivity contribution in [2.24, 2.45) is 0 Å². The Balaban J connectivity index is 2.55. The zero-order valence-corrected chi connectivity index (χ0v) is 11.2. The summed E-state index contributed by atoms with van der Waals surface area (Å²) in [6, 6.07) is 5.44. The SMILES string of the molecule is CCN1C(=O)C(CC)(CC)Oc2cc(N)ccc21. The summed E-state index contributed by atoms with van der Waals surface area (Å²) < 4.78 is 5.97. The molecule has 98 valence electrons. The van der Waals surface area contributed by atoms with Gasteiger partial charge >= 0.3 is 0 Å². The van der Waals surface area contributed by atoms with Gasteiger partial charge in [-0.2, -0.15) is 0 Å². The number of carbonyl (C=O) groups excluding carboxylic acids is 1. The molecule has 1 aliphatic rings. The van der Waals surface area contributed by atoms with Crippen LogP contribution in [0.3, 0.4) is 0 Å². The number of hydrogen-bond donors (Lipinski definition) is 1. The van der Waals surface area contributed by atoms with Crippen molar-refractivity contribution >= 4 is 17.3 Å². The second-order valence-electron chi connectivity index (χ2n) is 4.58. The van der Waals surface area contributed by atoms with Crippen molar-refractivity contribution in [3.8, 4) is 5.75 Å². The number of likely N-dealkylation sites (N-methyl/N-ethyl adjacent to an activating group) is 1. The van der Waals surface area contributed by atoms with E-state index in [1.807, 2.05) is 26.8 Å². The van der Waals surface area contributed by atoms with Crippen LogP contribution in [0.2, 0.25) is 0 Å². The van der Waals surface area contributed by atoms with E-state index in [2.05, 4.69) is 0 Å². The first kappa shape index (κ1) is 12.7. The van der Waals surface area contributed by atoms with E-state index in [0.29, 0.717) is 30.8 Å². The minimum atomic E-state index is -0.739. The monoisotopic (exact) mass is 248 g/mol. The van der Waals surface area contributed by atoms with Crippen LogP contribution in [0.25, 0.3) is 0 Å². The average molecular weight is 248 g/mol. The fourth-order valence-electron chi connectivity index (χ4n) is 2.46. The van der Waals surface area contributed by atoms with Crippen LogP contribution in [-0.2, 0) is 4.79 Å². The Morgan fingerprint density at radius 3 is 2.50 bits per heavy atom. The molecule has 0 atom stereocenters. The lowest BCUT2D eigenvalue weighted by molar-refractivity contribution is -0.136. The van der Waals surface area contributed by atoms with E-state index in [1.54, 1.807) is 17.0 Å². The molecule has 1 heterocycles. The third-order valence-electron chi connectivity index (χ3n) is 3.67. The van der Waals surface area contributed by atoms with Gasteiger partial charge in [0, 0.05) is 18.3 Å². The third-order valence-corrected chi connectivity index (χ3v) is 3.67. The molecule has 0 bridgehead atoms. The maximum Gasteiger partial charge on any atom is 0.271 e. The quantitative estimate of drug-likeness (QED) is 0.836. The molecule has 0 fully saturated rings. The average Bonchev–Trinajstić information content (AvgIpc) is 2.38. The molecule has 0 aromatic heterocycles. The van der Waals surface area contributed by atoms with Crippen LogP contribution < -0.4 is 15.4 Å². The molecule has 0 saturated heterocycles. The highest BCUT2D eigenvalue weighted by atomic mass is 16.5. The number of nitrogens with two attached hydrogens (primary N) is 1. The Hall–Kier alpha value is -1.71. The number of amides is 1. The molecule has 2 rings (SSSR count). The van der Waals surface area contributed by atoms with Crippen molar-refractivity contribution in [1.82, 2.24) is 0 Å². The van der Waals surface area contributed by atoms with E-state index in [4.69, 9.17) is 10.5 Å². The Kier molecular flexibility index (Phi) is 3.20. The van der Waals surface area contributed by atoms with Crippen molar-refractivity contribution in [1.29, 1.82) is 0 Å². The lowest BCUT2D eigenvalue weighted by Gasteiger charge is -2.41. The number of benzene rings is 1. The predicted octanol–water partition coefficient (Wildman–Crippen LogP) is 2.57. The van der Waals surface area contributed by atoms with E-state index in [9.17, 15) is 4.79 Å². The molecule has 2 N–H and O–H groups in total. The molecule has 1 aromatic rings. The van der Waals surface area contributed by atoms with Crippen molar-refractivity contribution in [2.75, 3.05) is 17.2 Å². The van der Waals surface area contributed by atoms with Crippen LogP contribution in [-0.4, -0.2) is 18.1 Å². The van der Waals surface area contributed by atoms with Crippen molar-refractivity contribution in [2.45, 2.75) is 39.2 Å². The molecule has 1 aromatic carbocycles. The van der Waals surface area contributed by atoms with Gasteiger partial charge in [-0.25, -0.2) is 0 Å². The fraction of sp³-hybridized carbons (Fsp3) is 0.500.